The first kappa shape index (κ1) is 8.09. The van der Waals surface area contributed by atoms with Gasteiger partial charge in [0.05, 0.1) is 52.1 Å². The van der Waals surface area contributed by atoms with Crippen molar-refractivity contribution in [3.63, 3.8) is 0 Å². The molecule has 0 aromatic heterocycles. The first-order valence-electron chi connectivity index (χ1n) is 21.5. The van der Waals surface area contributed by atoms with Crippen molar-refractivity contribution in [1.29, 1.82) is 5.26 Å². The van der Waals surface area contributed by atoms with E-state index in [0.717, 1.165) is 32.4 Å². The second kappa shape index (κ2) is 12.4. The summed E-state index contributed by atoms with van der Waals surface area (Å²) in [5.74, 6) is -6.50. The smallest absolute Gasteiger partial charge is 0.161 e. The summed E-state index contributed by atoms with van der Waals surface area (Å²) in [5.41, 5.74) is -6.25. The third-order valence-electron chi connectivity index (χ3n) is 4.23. The maximum absolute atomic E-state index is 10.8. The van der Waals surface area contributed by atoms with Gasteiger partial charge in [-0.05, 0) is 73.9 Å². The average molecular weight is 480 g/mol. The van der Waals surface area contributed by atoms with E-state index in [4.69, 9.17) is 43.7 Å². The van der Waals surface area contributed by atoms with Gasteiger partial charge in [0.25, 0.3) is 0 Å². The van der Waals surface area contributed by atoms with Crippen LogP contribution in [-0.2, 0) is 11.8 Å². The highest BCUT2D eigenvalue weighted by Gasteiger charge is 2.36. The number of nitriles is 1. The summed E-state index contributed by atoms with van der Waals surface area (Å²) in [6.07, 6.45) is -13.0. The Bertz CT molecular complexity index is 1860. The molecule has 2 rings (SSSR count). The minimum atomic E-state index is -4.49. The molecular weight excluding hydrogens is 416 g/mol. The van der Waals surface area contributed by atoms with Crippen LogP contribution in [0.25, 0.3) is 0 Å². The molecule has 0 amide bonds. The Morgan fingerprint density at radius 1 is 1.06 bits per heavy atom. The average Bonchev–Trinajstić information content (AvgIpc) is 3.04. The fourth-order valence-electron chi connectivity index (χ4n) is 2.51. The number of hydrogen-bond acceptors (Lipinski definition) is 6. The lowest BCUT2D eigenvalue weighted by atomic mass is 9.69. The van der Waals surface area contributed by atoms with Crippen LogP contribution >= 0.6 is 0 Å². The molecule has 0 spiro atoms. The number of benzene rings is 2. The third-order valence-corrected chi connectivity index (χ3v) is 4.23. The van der Waals surface area contributed by atoms with Gasteiger partial charge in [0.1, 0.15) is 0 Å². The molecule has 0 saturated heterocycles. The number of methoxy groups -OCH3 is 4. The van der Waals surface area contributed by atoms with E-state index in [0.29, 0.717) is 7.05 Å². The number of hydrogen-bond donors (Lipinski definition) is 0. The lowest BCUT2D eigenvalue weighted by molar-refractivity contribution is 0.292. The molecule has 0 aliphatic rings. The first-order chi connectivity index (χ1) is 25.6. The van der Waals surface area contributed by atoms with E-state index in [-0.39, 0.29) is 11.5 Å². The maximum atomic E-state index is 10.8. The molecule has 2 aromatic rings. The second-order valence-corrected chi connectivity index (χ2v) is 6.19. The van der Waals surface area contributed by atoms with Gasteiger partial charge in [0.2, 0.25) is 0 Å². The minimum Gasteiger partial charge on any atom is -0.493 e. The number of rotatable bonds is 13. The van der Waals surface area contributed by atoms with Crippen molar-refractivity contribution >= 4 is 0 Å². The Kier molecular flexibility index (Phi) is 3.03. The van der Waals surface area contributed by atoms with E-state index < -0.39 is 117 Å². The Morgan fingerprint density at radius 3 is 2.48 bits per heavy atom. The van der Waals surface area contributed by atoms with E-state index in [1.165, 1.54) is 6.07 Å². The summed E-state index contributed by atoms with van der Waals surface area (Å²) < 4.78 is 227. The lowest BCUT2D eigenvalue weighted by Gasteiger charge is -2.32. The molecule has 0 heterocycles. The molecule has 0 saturated carbocycles. The molecule has 2 aromatic carbocycles. The van der Waals surface area contributed by atoms with Gasteiger partial charge in [-0.15, -0.1) is 0 Å². The van der Waals surface area contributed by atoms with E-state index in [2.05, 4.69) is 9.47 Å². The molecule has 33 heavy (non-hydrogen) atoms. The van der Waals surface area contributed by atoms with E-state index in [1.807, 2.05) is 0 Å². The van der Waals surface area contributed by atoms with Gasteiger partial charge in [0, 0.05) is 28.4 Å². The Balaban J connectivity index is 3.11. The number of nitrogens with zero attached hydrogens (tertiary/aromatic N) is 2. The first-order valence-corrected chi connectivity index (χ1v) is 9.01. The normalized spacial score (nSPS) is 27.7. The molecule has 0 aliphatic heterocycles. The van der Waals surface area contributed by atoms with Crippen molar-refractivity contribution in [3.8, 4) is 29.1 Å². The quantitative estimate of drug-likeness (QED) is 0.399. The Hall–Kier alpha value is -2.91. The standard InChI is InChI=1S/C27H38N2O4/c1-20(2)27(19-28,22-10-12-24(31-5)26(18-22)33-7)14-8-15-29(3)16-13-21-9-11-23(30-4)25(17-21)32-6/h9-12,17-18,20H,8,13-16H2,1-7H3/i1D3,2D3,4D3,6D3,8D2,9D,11D,13D2,14D2,15D2,16D2,17D. The van der Waals surface area contributed by atoms with Crippen molar-refractivity contribution in [3.05, 3.63) is 47.5 Å². The summed E-state index contributed by atoms with van der Waals surface area (Å²) in [6, 6.07) is -0.706. The van der Waals surface area contributed by atoms with Crippen LogP contribution < -0.4 is 18.9 Å². The topological polar surface area (TPSA) is 64.0 Å². The Morgan fingerprint density at radius 2 is 1.82 bits per heavy atom. The van der Waals surface area contributed by atoms with Crippen LogP contribution in [-0.4, -0.2) is 53.2 Å². The van der Waals surface area contributed by atoms with Gasteiger partial charge in [-0.2, -0.15) is 5.26 Å². The third kappa shape index (κ3) is 6.33. The van der Waals surface area contributed by atoms with Crippen LogP contribution in [0.2, 0.25) is 0 Å². The van der Waals surface area contributed by atoms with Gasteiger partial charge in [0.15, 0.2) is 23.0 Å². The van der Waals surface area contributed by atoms with Crippen LogP contribution in [0.4, 0.5) is 0 Å². The maximum Gasteiger partial charge on any atom is 0.161 e. The van der Waals surface area contributed by atoms with Gasteiger partial charge in [-0.3, -0.25) is 0 Å². The van der Waals surface area contributed by atoms with Crippen LogP contribution in [0.15, 0.2) is 36.3 Å². The van der Waals surface area contributed by atoms with Crippen molar-refractivity contribution in [2.75, 3.05) is 48.3 Å². The summed E-state index contributed by atoms with van der Waals surface area (Å²) in [5, 5.41) is 10.8. The second-order valence-electron chi connectivity index (χ2n) is 6.19. The molecule has 0 N–H and O–H groups in total. The van der Waals surface area contributed by atoms with Gasteiger partial charge < -0.3 is 23.8 Å². The van der Waals surface area contributed by atoms with Gasteiger partial charge >= 0.3 is 0 Å². The zero-order valence-electron chi connectivity index (χ0n) is 42.8. The van der Waals surface area contributed by atoms with Crippen LogP contribution in [0.3, 0.4) is 0 Å². The molecule has 0 bridgehead atoms. The van der Waals surface area contributed by atoms with Crippen molar-refractivity contribution in [2.24, 2.45) is 5.92 Å². The molecular formula is C27H38N2O4. The highest BCUT2D eigenvalue weighted by atomic mass is 16.5. The predicted molar refractivity (Wildman–Crippen MR) is 132 cm³/mol. The molecule has 0 fully saturated rings. The van der Waals surface area contributed by atoms with E-state index in [1.54, 1.807) is 0 Å². The monoisotopic (exact) mass is 479 g/mol. The molecule has 1 unspecified atom stereocenters. The zero-order valence-corrected chi connectivity index (χ0v) is 17.8. The number of likely N-dealkylation sites (N-methyl/N-ethyl adjacent to an activating group) is 1. The Labute approximate surface area is 234 Å². The number of ether oxygens (including phenoxy) is 4. The fourth-order valence-corrected chi connectivity index (χ4v) is 2.51. The largest absolute Gasteiger partial charge is 0.493 e. The highest BCUT2D eigenvalue weighted by molar-refractivity contribution is 5.47. The minimum absolute atomic E-state index is 0.116. The zero-order chi connectivity index (χ0) is 46.0. The molecule has 180 valence electrons. The molecule has 0 radical (unpaired) electrons. The summed E-state index contributed by atoms with van der Waals surface area (Å²) >= 11 is 0. The van der Waals surface area contributed by atoms with Crippen molar-refractivity contribution in [2.45, 2.75) is 38.2 Å². The summed E-state index contributed by atoms with van der Waals surface area (Å²) in [6.45, 7) is -16.2. The fraction of sp³-hybridized carbons (Fsp3) is 0.519. The van der Waals surface area contributed by atoms with Crippen LogP contribution in [0.5, 0.6) is 23.0 Å². The van der Waals surface area contributed by atoms with Gasteiger partial charge in [-0.25, -0.2) is 0 Å². The summed E-state index contributed by atoms with van der Waals surface area (Å²) in [4.78, 5) is -0.437. The lowest BCUT2D eigenvalue weighted by Crippen LogP contribution is -2.32. The predicted octanol–water partition coefficient (Wildman–Crippen LogP) is 5.09. The molecule has 1 atom stereocenters. The van der Waals surface area contributed by atoms with E-state index in [9.17, 15) is 5.26 Å². The van der Waals surface area contributed by atoms with Gasteiger partial charge in [-0.1, -0.05) is 25.8 Å². The van der Waals surface area contributed by atoms with E-state index >= 15 is 0 Å². The molecule has 0 aliphatic carbocycles. The summed E-state index contributed by atoms with van der Waals surface area (Å²) in [7, 11) is -4.51. The van der Waals surface area contributed by atoms with Crippen molar-refractivity contribution < 1.29 is 53.2 Å². The van der Waals surface area contributed by atoms with Crippen LogP contribution in [0.1, 0.15) is 71.8 Å². The van der Waals surface area contributed by atoms with Crippen molar-refractivity contribution in [1.82, 2.24) is 4.90 Å². The SMILES string of the molecule is [2H]c1c([2H])c(C([2H])([2H])C([2H])([2H])N(C)C([2H])([2H])C([2H])([2H])C([2H])([2H])C(C#N)(c2ccc(OC)c(OC)c2)C(C([2H])([2H])[2H])C([2H])([2H])[2H])c([2H])c(OC([2H])([2H])[2H])c1OC([2H])([2H])[2H]. The molecule has 6 nitrogen and oxygen atoms in total. The highest BCUT2D eigenvalue weighted by Crippen LogP contribution is 2.40. The van der Waals surface area contributed by atoms with Crippen LogP contribution in [0, 0.1) is 17.2 Å². The molecule has 6 heteroatoms.